The molecule has 1 aliphatic carbocycles. The number of hydrogen-bond acceptors (Lipinski definition) is 5. The van der Waals surface area contributed by atoms with Gasteiger partial charge in [0.1, 0.15) is 5.58 Å². The zero-order valence-corrected chi connectivity index (χ0v) is 20.7. The van der Waals surface area contributed by atoms with E-state index in [-0.39, 0.29) is 5.63 Å². The fourth-order valence-corrected chi connectivity index (χ4v) is 5.64. The number of nitrogens with zero attached hydrogens (tertiary/aromatic N) is 3. The molecule has 2 aromatic carbocycles. The molecule has 0 radical (unpaired) electrons. The van der Waals surface area contributed by atoms with Crippen molar-refractivity contribution in [1.29, 1.82) is 0 Å². The van der Waals surface area contributed by atoms with Gasteiger partial charge in [-0.05, 0) is 49.6 Å². The third kappa shape index (κ3) is 4.80. The van der Waals surface area contributed by atoms with Crippen molar-refractivity contribution in [2.24, 2.45) is 10.2 Å². The van der Waals surface area contributed by atoms with Crippen molar-refractivity contribution in [3.63, 3.8) is 0 Å². The van der Waals surface area contributed by atoms with Crippen molar-refractivity contribution < 1.29 is 4.42 Å². The standard InChI is InChI=1S/C26H24BrN3O2S/c1-17-7-9-18(10-8-17)15-28-29-26-30(21-5-3-2-4-6-21)23(16-33-26)22-14-19-13-20(27)11-12-24(19)32-25(22)31/h7-16,21H,2-6H2,1H3/b28-15+,29-26-. The zero-order valence-electron chi connectivity index (χ0n) is 18.3. The van der Waals surface area contributed by atoms with Gasteiger partial charge < -0.3 is 8.98 Å². The maximum absolute atomic E-state index is 12.9. The van der Waals surface area contributed by atoms with Crippen LogP contribution >= 0.6 is 27.3 Å². The van der Waals surface area contributed by atoms with Crippen LogP contribution in [0.5, 0.6) is 0 Å². The summed E-state index contributed by atoms with van der Waals surface area (Å²) in [7, 11) is 0. The first-order valence-electron chi connectivity index (χ1n) is 11.2. The van der Waals surface area contributed by atoms with Crippen molar-refractivity contribution in [1.82, 2.24) is 4.57 Å². The van der Waals surface area contributed by atoms with Gasteiger partial charge in [0.2, 0.25) is 4.80 Å². The van der Waals surface area contributed by atoms with Gasteiger partial charge in [0.25, 0.3) is 0 Å². The second-order valence-electron chi connectivity index (χ2n) is 8.45. The molecule has 0 amide bonds. The molecule has 0 aliphatic heterocycles. The lowest BCUT2D eigenvalue weighted by atomic mass is 9.95. The maximum Gasteiger partial charge on any atom is 0.345 e. The number of hydrogen-bond donors (Lipinski definition) is 0. The molecule has 5 nitrogen and oxygen atoms in total. The van der Waals surface area contributed by atoms with Gasteiger partial charge in [-0.1, -0.05) is 65.0 Å². The van der Waals surface area contributed by atoms with Crippen LogP contribution in [0.1, 0.15) is 49.3 Å². The topological polar surface area (TPSA) is 59.9 Å². The van der Waals surface area contributed by atoms with Gasteiger partial charge in [0.15, 0.2) is 0 Å². The summed E-state index contributed by atoms with van der Waals surface area (Å²) in [5.74, 6) is 0. The van der Waals surface area contributed by atoms with Crippen LogP contribution in [0, 0.1) is 6.92 Å². The third-order valence-electron chi connectivity index (χ3n) is 6.08. The highest BCUT2D eigenvalue weighted by molar-refractivity contribution is 9.10. The molecule has 0 spiro atoms. The van der Waals surface area contributed by atoms with E-state index in [1.54, 1.807) is 6.21 Å². The van der Waals surface area contributed by atoms with Crippen LogP contribution in [0.2, 0.25) is 0 Å². The van der Waals surface area contributed by atoms with E-state index in [4.69, 9.17) is 4.42 Å². The Morgan fingerprint density at radius 1 is 1.09 bits per heavy atom. The number of thiazole rings is 1. The quantitative estimate of drug-likeness (QED) is 0.168. The van der Waals surface area contributed by atoms with Crippen LogP contribution in [-0.4, -0.2) is 10.8 Å². The molecule has 2 heterocycles. The number of benzene rings is 2. The largest absolute Gasteiger partial charge is 0.422 e. The molecule has 7 heteroatoms. The van der Waals surface area contributed by atoms with E-state index in [0.29, 0.717) is 17.2 Å². The normalized spacial score (nSPS) is 15.6. The van der Waals surface area contributed by atoms with Crippen molar-refractivity contribution >= 4 is 44.5 Å². The summed E-state index contributed by atoms with van der Waals surface area (Å²) in [6.07, 6.45) is 7.52. The van der Waals surface area contributed by atoms with E-state index in [2.05, 4.69) is 49.8 Å². The molecule has 4 aromatic rings. The lowest BCUT2D eigenvalue weighted by Gasteiger charge is -2.24. The SMILES string of the molecule is Cc1ccc(/C=N/N=c2\scc(-c3cc4cc(Br)ccc4oc3=O)n2C2CCCCC2)cc1. The molecule has 0 saturated heterocycles. The number of aromatic nitrogens is 1. The monoisotopic (exact) mass is 521 g/mol. The van der Waals surface area contributed by atoms with Gasteiger partial charge in [-0.2, -0.15) is 5.10 Å². The first-order chi connectivity index (χ1) is 16.1. The number of aryl methyl sites for hydroxylation is 1. The highest BCUT2D eigenvalue weighted by Gasteiger charge is 2.22. The average Bonchev–Trinajstić information content (AvgIpc) is 3.24. The van der Waals surface area contributed by atoms with Crippen LogP contribution in [0.15, 0.2) is 77.8 Å². The Morgan fingerprint density at radius 2 is 1.88 bits per heavy atom. The molecule has 0 bridgehead atoms. The van der Waals surface area contributed by atoms with Gasteiger partial charge in [-0.25, -0.2) is 4.79 Å². The van der Waals surface area contributed by atoms with Gasteiger partial charge in [0.05, 0.1) is 17.5 Å². The number of halogens is 1. The minimum absolute atomic E-state index is 0.297. The van der Waals surface area contributed by atoms with Crippen molar-refractivity contribution in [3.05, 3.63) is 84.7 Å². The molecule has 33 heavy (non-hydrogen) atoms. The molecule has 1 saturated carbocycles. The molecule has 0 N–H and O–H groups in total. The highest BCUT2D eigenvalue weighted by Crippen LogP contribution is 2.32. The average molecular weight is 522 g/mol. The molecule has 168 valence electrons. The Kier molecular flexibility index (Phi) is 6.42. The van der Waals surface area contributed by atoms with E-state index in [1.807, 2.05) is 41.8 Å². The van der Waals surface area contributed by atoms with E-state index in [1.165, 1.54) is 36.2 Å². The lowest BCUT2D eigenvalue weighted by molar-refractivity contribution is 0.350. The summed E-state index contributed by atoms with van der Waals surface area (Å²) >= 11 is 5.02. The van der Waals surface area contributed by atoms with E-state index < -0.39 is 0 Å². The third-order valence-corrected chi connectivity index (χ3v) is 7.40. The smallest absolute Gasteiger partial charge is 0.345 e. The summed E-state index contributed by atoms with van der Waals surface area (Å²) < 4.78 is 8.80. The summed E-state index contributed by atoms with van der Waals surface area (Å²) in [6.45, 7) is 2.06. The second-order valence-corrected chi connectivity index (χ2v) is 10.2. The number of rotatable bonds is 4. The zero-order chi connectivity index (χ0) is 22.8. The first kappa shape index (κ1) is 22.0. The van der Waals surface area contributed by atoms with E-state index in [9.17, 15) is 4.79 Å². The van der Waals surface area contributed by atoms with Gasteiger partial charge in [-0.3, -0.25) is 0 Å². The fourth-order valence-electron chi connectivity index (χ4n) is 4.35. The summed E-state index contributed by atoms with van der Waals surface area (Å²) in [4.78, 5) is 13.7. The molecule has 1 fully saturated rings. The molecule has 2 aromatic heterocycles. The Bertz CT molecular complexity index is 1440. The van der Waals surface area contributed by atoms with Crippen molar-refractivity contribution in [2.75, 3.05) is 0 Å². The van der Waals surface area contributed by atoms with Crippen LogP contribution in [0.25, 0.3) is 22.2 Å². The fraction of sp³-hybridized carbons (Fsp3) is 0.269. The lowest BCUT2D eigenvalue weighted by Crippen LogP contribution is -2.24. The predicted octanol–water partition coefficient (Wildman–Crippen LogP) is 6.83. The minimum atomic E-state index is -0.332. The summed E-state index contributed by atoms with van der Waals surface area (Å²) in [6, 6.07) is 16.1. The van der Waals surface area contributed by atoms with E-state index in [0.717, 1.165) is 38.8 Å². The van der Waals surface area contributed by atoms with Crippen molar-refractivity contribution in [2.45, 2.75) is 45.1 Å². The summed E-state index contributed by atoms with van der Waals surface area (Å²) in [5, 5.41) is 11.8. The Hall–Kier alpha value is -2.77. The minimum Gasteiger partial charge on any atom is -0.422 e. The van der Waals surface area contributed by atoms with Gasteiger partial charge >= 0.3 is 5.63 Å². The predicted molar refractivity (Wildman–Crippen MR) is 138 cm³/mol. The maximum atomic E-state index is 12.9. The van der Waals surface area contributed by atoms with Gasteiger partial charge in [-0.15, -0.1) is 16.4 Å². The van der Waals surface area contributed by atoms with Crippen LogP contribution < -0.4 is 10.4 Å². The Balaban J connectivity index is 1.61. The first-order valence-corrected chi connectivity index (χ1v) is 12.8. The van der Waals surface area contributed by atoms with Crippen LogP contribution in [0.4, 0.5) is 0 Å². The molecule has 0 atom stereocenters. The molecular formula is C26H24BrN3O2S. The molecule has 5 rings (SSSR count). The molecular weight excluding hydrogens is 498 g/mol. The van der Waals surface area contributed by atoms with Crippen molar-refractivity contribution in [3.8, 4) is 11.3 Å². The number of fused-ring (bicyclic) bond motifs is 1. The second kappa shape index (κ2) is 9.61. The van der Waals surface area contributed by atoms with E-state index >= 15 is 0 Å². The van der Waals surface area contributed by atoms with Gasteiger partial charge in [0, 0.05) is 21.3 Å². The molecule has 1 aliphatic rings. The molecule has 0 unspecified atom stereocenters. The van der Waals surface area contributed by atoms with Crippen LogP contribution in [-0.2, 0) is 0 Å². The van der Waals surface area contributed by atoms with Crippen LogP contribution in [0.3, 0.4) is 0 Å². The Morgan fingerprint density at radius 3 is 2.67 bits per heavy atom. The highest BCUT2D eigenvalue weighted by atomic mass is 79.9. The Labute approximate surface area is 204 Å². The summed E-state index contributed by atoms with van der Waals surface area (Å²) in [5.41, 5.74) is 3.88.